The maximum Gasteiger partial charge on any atom is 0.270 e. The maximum absolute atomic E-state index is 10.8. The first-order valence-corrected chi connectivity index (χ1v) is 6.71. The third-order valence-corrected chi connectivity index (χ3v) is 3.50. The number of ether oxygens (including phenoxy) is 1. The van der Waals surface area contributed by atoms with E-state index in [0.29, 0.717) is 11.3 Å². The van der Waals surface area contributed by atoms with E-state index >= 15 is 0 Å². The summed E-state index contributed by atoms with van der Waals surface area (Å²) in [5.74, 6) is 0.563. The molecular weight excluding hydrogens is 246 g/mol. The highest BCUT2D eigenvalue weighted by Gasteiger charge is 2.20. The molecule has 0 unspecified atom stereocenters. The number of nitrogens with zero attached hydrogens (tertiary/aromatic N) is 1. The molecular formula is C14H19NO4. The van der Waals surface area contributed by atoms with E-state index in [1.165, 1.54) is 18.6 Å². The molecule has 2 rings (SSSR count). The highest BCUT2D eigenvalue weighted by atomic mass is 16.6. The van der Waals surface area contributed by atoms with Crippen LogP contribution >= 0.6 is 0 Å². The van der Waals surface area contributed by atoms with Gasteiger partial charge in [0.05, 0.1) is 17.1 Å². The van der Waals surface area contributed by atoms with Crippen LogP contribution < -0.4 is 4.74 Å². The average molecular weight is 265 g/mol. The minimum atomic E-state index is -0.779. The molecule has 0 radical (unpaired) electrons. The van der Waals surface area contributed by atoms with Crippen molar-refractivity contribution in [1.82, 2.24) is 0 Å². The fourth-order valence-corrected chi connectivity index (χ4v) is 2.45. The summed E-state index contributed by atoms with van der Waals surface area (Å²) in [5, 5.41) is 20.5. The molecule has 1 aromatic rings. The first-order valence-electron chi connectivity index (χ1n) is 6.71. The van der Waals surface area contributed by atoms with Gasteiger partial charge in [-0.05, 0) is 38.7 Å². The minimum Gasteiger partial charge on any atom is -0.490 e. The van der Waals surface area contributed by atoms with E-state index in [2.05, 4.69) is 0 Å². The van der Waals surface area contributed by atoms with Crippen LogP contribution in [0, 0.1) is 10.1 Å². The number of hydrogen-bond acceptors (Lipinski definition) is 4. The van der Waals surface area contributed by atoms with Crippen molar-refractivity contribution in [3.8, 4) is 5.75 Å². The largest absolute Gasteiger partial charge is 0.490 e. The van der Waals surface area contributed by atoms with Crippen molar-refractivity contribution in [2.75, 3.05) is 0 Å². The lowest BCUT2D eigenvalue weighted by molar-refractivity contribution is -0.385. The first kappa shape index (κ1) is 13.8. The van der Waals surface area contributed by atoms with Crippen LogP contribution in [0.5, 0.6) is 5.75 Å². The van der Waals surface area contributed by atoms with Crippen molar-refractivity contribution in [1.29, 1.82) is 0 Å². The molecule has 0 aliphatic heterocycles. The van der Waals surface area contributed by atoms with Crippen molar-refractivity contribution in [3.63, 3.8) is 0 Å². The summed E-state index contributed by atoms with van der Waals surface area (Å²) in [4.78, 5) is 10.3. The second-order valence-corrected chi connectivity index (χ2v) is 5.03. The third kappa shape index (κ3) is 3.44. The molecule has 0 amide bonds. The van der Waals surface area contributed by atoms with Crippen molar-refractivity contribution < 1.29 is 14.8 Å². The molecule has 0 bridgehead atoms. The fourth-order valence-electron chi connectivity index (χ4n) is 2.45. The number of rotatable bonds is 4. The molecule has 5 nitrogen and oxygen atoms in total. The number of aliphatic hydroxyl groups is 1. The van der Waals surface area contributed by atoms with Gasteiger partial charge in [0, 0.05) is 17.7 Å². The van der Waals surface area contributed by atoms with E-state index < -0.39 is 11.0 Å². The summed E-state index contributed by atoms with van der Waals surface area (Å²) < 4.78 is 5.90. The Kier molecular flexibility index (Phi) is 4.37. The van der Waals surface area contributed by atoms with Crippen molar-refractivity contribution >= 4 is 5.69 Å². The number of nitro groups is 1. The lowest BCUT2D eigenvalue weighted by Crippen LogP contribution is -2.20. The minimum absolute atomic E-state index is 0.0214. The standard InChI is InChI=1S/C14H19NO4/c1-10(16)13-9-11(15(17)18)7-8-14(13)19-12-5-3-2-4-6-12/h7-10,12,16H,2-6H2,1H3/t10-/m1/s1. The number of aliphatic hydroxyl groups excluding tert-OH is 1. The maximum atomic E-state index is 10.8. The molecule has 19 heavy (non-hydrogen) atoms. The van der Waals surface area contributed by atoms with E-state index in [-0.39, 0.29) is 11.8 Å². The van der Waals surface area contributed by atoms with Crippen LogP contribution in [-0.2, 0) is 0 Å². The number of benzene rings is 1. The molecule has 1 atom stereocenters. The van der Waals surface area contributed by atoms with Crippen molar-refractivity contribution in [3.05, 3.63) is 33.9 Å². The molecule has 0 spiro atoms. The van der Waals surface area contributed by atoms with E-state index in [4.69, 9.17) is 4.74 Å². The highest BCUT2D eigenvalue weighted by Crippen LogP contribution is 2.32. The Morgan fingerprint density at radius 2 is 2.05 bits per heavy atom. The molecule has 5 heteroatoms. The van der Waals surface area contributed by atoms with Gasteiger partial charge in [-0.25, -0.2) is 0 Å². The smallest absolute Gasteiger partial charge is 0.270 e. The Bertz CT molecular complexity index is 453. The lowest BCUT2D eigenvalue weighted by atomic mass is 9.97. The van der Waals surface area contributed by atoms with Crippen LogP contribution in [-0.4, -0.2) is 16.1 Å². The topological polar surface area (TPSA) is 72.6 Å². The zero-order chi connectivity index (χ0) is 13.8. The Morgan fingerprint density at radius 1 is 1.37 bits per heavy atom. The Hall–Kier alpha value is -1.62. The van der Waals surface area contributed by atoms with E-state index in [1.54, 1.807) is 13.0 Å². The Balaban J connectivity index is 2.20. The predicted octanol–water partition coefficient (Wildman–Crippen LogP) is 3.36. The average Bonchev–Trinajstić information content (AvgIpc) is 2.39. The predicted molar refractivity (Wildman–Crippen MR) is 71.2 cm³/mol. The second-order valence-electron chi connectivity index (χ2n) is 5.03. The molecule has 0 heterocycles. The number of nitro benzene ring substituents is 1. The summed E-state index contributed by atoms with van der Waals surface area (Å²) in [6, 6.07) is 4.40. The third-order valence-electron chi connectivity index (χ3n) is 3.50. The first-order chi connectivity index (χ1) is 9.08. The van der Waals surface area contributed by atoms with Crippen LogP contribution in [0.1, 0.15) is 50.7 Å². The summed E-state index contributed by atoms with van der Waals surface area (Å²) in [5.41, 5.74) is 0.465. The molecule has 1 aliphatic carbocycles. The SMILES string of the molecule is C[C@@H](O)c1cc([N+](=O)[O-])ccc1OC1CCCCC1. The van der Waals surface area contributed by atoms with Gasteiger partial charge in [0.2, 0.25) is 0 Å². The molecule has 104 valence electrons. The van der Waals surface area contributed by atoms with E-state index in [0.717, 1.165) is 25.7 Å². The van der Waals surface area contributed by atoms with Gasteiger partial charge in [-0.1, -0.05) is 6.42 Å². The van der Waals surface area contributed by atoms with E-state index in [9.17, 15) is 15.2 Å². The summed E-state index contributed by atoms with van der Waals surface area (Å²) in [7, 11) is 0. The van der Waals surface area contributed by atoms with Gasteiger partial charge < -0.3 is 9.84 Å². The zero-order valence-electron chi connectivity index (χ0n) is 11.0. The van der Waals surface area contributed by atoms with Crippen LogP contribution in [0.25, 0.3) is 0 Å². The monoisotopic (exact) mass is 265 g/mol. The highest BCUT2D eigenvalue weighted by molar-refractivity contribution is 5.44. The van der Waals surface area contributed by atoms with E-state index in [1.807, 2.05) is 0 Å². The molecule has 1 N–H and O–H groups in total. The second kappa shape index (κ2) is 6.02. The van der Waals surface area contributed by atoms with Crippen LogP contribution in [0.4, 0.5) is 5.69 Å². The summed E-state index contributed by atoms with van der Waals surface area (Å²) in [6.07, 6.45) is 4.95. The summed E-state index contributed by atoms with van der Waals surface area (Å²) in [6.45, 7) is 1.59. The summed E-state index contributed by atoms with van der Waals surface area (Å²) >= 11 is 0. The molecule has 1 aromatic carbocycles. The van der Waals surface area contributed by atoms with Crippen molar-refractivity contribution in [2.45, 2.75) is 51.2 Å². The molecule has 1 saturated carbocycles. The zero-order valence-corrected chi connectivity index (χ0v) is 11.0. The van der Waals surface area contributed by atoms with Gasteiger partial charge in [0.25, 0.3) is 5.69 Å². The van der Waals surface area contributed by atoms with Gasteiger partial charge in [-0.3, -0.25) is 10.1 Å². The normalized spacial score (nSPS) is 18.0. The molecule has 0 aromatic heterocycles. The fraction of sp³-hybridized carbons (Fsp3) is 0.571. The van der Waals surface area contributed by atoms with Crippen LogP contribution in [0.2, 0.25) is 0 Å². The number of non-ortho nitro benzene ring substituents is 1. The quantitative estimate of drug-likeness (QED) is 0.669. The lowest BCUT2D eigenvalue weighted by Gasteiger charge is -2.24. The molecule has 1 fully saturated rings. The van der Waals surface area contributed by atoms with Gasteiger partial charge in [-0.2, -0.15) is 0 Å². The van der Waals surface area contributed by atoms with Crippen LogP contribution in [0.15, 0.2) is 18.2 Å². The Morgan fingerprint density at radius 3 is 2.63 bits per heavy atom. The van der Waals surface area contributed by atoms with Gasteiger partial charge in [-0.15, -0.1) is 0 Å². The van der Waals surface area contributed by atoms with Gasteiger partial charge >= 0.3 is 0 Å². The number of hydrogen-bond donors (Lipinski definition) is 1. The Labute approximate surface area is 112 Å². The van der Waals surface area contributed by atoms with Crippen LogP contribution in [0.3, 0.4) is 0 Å². The van der Waals surface area contributed by atoms with Gasteiger partial charge in [0.15, 0.2) is 0 Å². The van der Waals surface area contributed by atoms with Crippen molar-refractivity contribution in [2.24, 2.45) is 0 Å². The molecule has 1 aliphatic rings. The molecule has 0 saturated heterocycles. The van der Waals surface area contributed by atoms with Gasteiger partial charge in [0.1, 0.15) is 5.75 Å².